The molecule has 0 aliphatic carbocycles. The van der Waals surface area contributed by atoms with Gasteiger partial charge in [0, 0.05) is 38.6 Å². The number of rotatable bonds is 4. The number of piperazine rings is 1. The average Bonchev–Trinajstić information content (AvgIpc) is 2.57. The van der Waals surface area contributed by atoms with E-state index >= 15 is 0 Å². The van der Waals surface area contributed by atoms with Crippen LogP contribution in [0, 0.1) is 6.92 Å². The van der Waals surface area contributed by atoms with Gasteiger partial charge in [-0.2, -0.15) is 0 Å². The number of nitrogens with zero attached hydrogens (tertiary/aromatic N) is 4. The highest BCUT2D eigenvalue weighted by atomic mass is 16.2. The minimum atomic E-state index is -0.0245. The van der Waals surface area contributed by atoms with Gasteiger partial charge in [-0.3, -0.25) is 14.2 Å². The lowest BCUT2D eigenvalue weighted by molar-refractivity contribution is -0.135. The van der Waals surface area contributed by atoms with Crippen molar-refractivity contribution in [1.29, 1.82) is 0 Å². The van der Waals surface area contributed by atoms with Gasteiger partial charge in [0.25, 0.3) is 5.56 Å². The highest BCUT2D eigenvalue weighted by Crippen LogP contribution is 2.12. The maximum absolute atomic E-state index is 12.6. The molecule has 0 spiro atoms. The number of aryl methyl sites for hydroxylation is 1. The van der Waals surface area contributed by atoms with Crippen LogP contribution in [0.25, 0.3) is 10.9 Å². The Morgan fingerprint density at radius 3 is 2.80 bits per heavy atom. The quantitative estimate of drug-likeness (QED) is 0.848. The maximum Gasteiger partial charge on any atom is 0.261 e. The molecule has 2 aromatic rings. The second-order valence-electron chi connectivity index (χ2n) is 6.93. The summed E-state index contributed by atoms with van der Waals surface area (Å²) < 4.78 is 1.68. The van der Waals surface area contributed by atoms with Gasteiger partial charge in [0.1, 0.15) is 5.82 Å². The maximum atomic E-state index is 12.6. The molecule has 1 aromatic carbocycles. The fourth-order valence-electron chi connectivity index (χ4n) is 3.58. The first-order valence-corrected chi connectivity index (χ1v) is 8.91. The first-order valence-electron chi connectivity index (χ1n) is 8.91. The molecule has 0 unspecified atom stereocenters. The van der Waals surface area contributed by atoms with Crippen LogP contribution in [0.2, 0.25) is 0 Å². The molecular weight excluding hydrogens is 316 g/mol. The Morgan fingerprint density at radius 2 is 2.04 bits per heavy atom. The summed E-state index contributed by atoms with van der Waals surface area (Å²) >= 11 is 0. The van der Waals surface area contributed by atoms with Gasteiger partial charge >= 0.3 is 0 Å². The van der Waals surface area contributed by atoms with Crippen molar-refractivity contribution >= 4 is 16.8 Å². The van der Waals surface area contributed by atoms with Crippen LogP contribution in [0.15, 0.2) is 29.1 Å². The molecule has 1 amide bonds. The molecule has 1 aromatic heterocycles. The Morgan fingerprint density at radius 1 is 1.28 bits per heavy atom. The third kappa shape index (κ3) is 3.74. The highest BCUT2D eigenvalue weighted by molar-refractivity contribution is 5.77. The van der Waals surface area contributed by atoms with Crippen molar-refractivity contribution in [3.63, 3.8) is 0 Å². The smallest absolute Gasteiger partial charge is 0.261 e. The van der Waals surface area contributed by atoms with E-state index in [4.69, 9.17) is 0 Å². The zero-order chi connectivity index (χ0) is 18.0. The minimum Gasteiger partial charge on any atom is -0.337 e. The first-order chi connectivity index (χ1) is 12.0. The standard InChI is InChI=1S/C19H26N4O2/c1-14-13-21(3)11-12-22(14)18(24)9-6-10-23-15(2)20-17-8-5-4-7-16(17)19(23)25/h4-5,7-8,14H,6,9-13H2,1-3H3/t14-/m0/s1. The molecule has 1 saturated heterocycles. The zero-order valence-corrected chi connectivity index (χ0v) is 15.2. The number of hydrogen-bond acceptors (Lipinski definition) is 4. The van der Waals surface area contributed by atoms with Crippen molar-refractivity contribution in [2.45, 2.75) is 39.3 Å². The summed E-state index contributed by atoms with van der Waals surface area (Å²) in [6.45, 7) is 7.08. The van der Waals surface area contributed by atoms with Crippen molar-refractivity contribution in [3.8, 4) is 0 Å². The van der Waals surface area contributed by atoms with Gasteiger partial charge in [-0.1, -0.05) is 12.1 Å². The van der Waals surface area contributed by atoms with Crippen LogP contribution in [0.1, 0.15) is 25.6 Å². The molecule has 0 radical (unpaired) electrons. The average molecular weight is 342 g/mol. The van der Waals surface area contributed by atoms with E-state index in [1.807, 2.05) is 30.0 Å². The van der Waals surface area contributed by atoms with Crippen LogP contribution in [0.3, 0.4) is 0 Å². The summed E-state index contributed by atoms with van der Waals surface area (Å²) in [4.78, 5) is 33.9. The number of carbonyl (C=O) groups excluding carboxylic acids is 1. The van der Waals surface area contributed by atoms with Gasteiger partial charge in [0.2, 0.25) is 5.91 Å². The number of benzene rings is 1. The van der Waals surface area contributed by atoms with Gasteiger partial charge in [-0.15, -0.1) is 0 Å². The van der Waals surface area contributed by atoms with Crippen LogP contribution in [-0.4, -0.2) is 58.0 Å². The van der Waals surface area contributed by atoms with Gasteiger partial charge in [-0.25, -0.2) is 4.98 Å². The number of likely N-dealkylation sites (N-methyl/N-ethyl adjacent to an activating group) is 1. The lowest BCUT2D eigenvalue weighted by atomic mass is 10.1. The second kappa shape index (κ2) is 7.35. The second-order valence-corrected chi connectivity index (χ2v) is 6.93. The van der Waals surface area contributed by atoms with Crippen molar-refractivity contribution < 1.29 is 4.79 Å². The van der Waals surface area contributed by atoms with E-state index in [2.05, 4.69) is 23.9 Å². The van der Waals surface area contributed by atoms with E-state index in [1.54, 1.807) is 10.6 Å². The Labute approximate surface area is 148 Å². The summed E-state index contributed by atoms with van der Waals surface area (Å²) in [7, 11) is 2.08. The lowest BCUT2D eigenvalue weighted by Crippen LogP contribution is -2.52. The van der Waals surface area contributed by atoms with Crippen LogP contribution in [0.4, 0.5) is 0 Å². The number of hydrogen-bond donors (Lipinski definition) is 0. The van der Waals surface area contributed by atoms with Crippen LogP contribution < -0.4 is 5.56 Å². The summed E-state index contributed by atoms with van der Waals surface area (Å²) in [5, 5.41) is 0.632. The van der Waals surface area contributed by atoms with Crippen LogP contribution in [0.5, 0.6) is 0 Å². The van der Waals surface area contributed by atoms with Crippen molar-refractivity contribution in [1.82, 2.24) is 19.4 Å². The molecule has 0 bridgehead atoms. The molecule has 6 nitrogen and oxygen atoms in total. The molecule has 3 rings (SSSR count). The SMILES string of the molecule is Cc1nc2ccccc2c(=O)n1CCCC(=O)N1CCN(C)C[C@@H]1C. The highest BCUT2D eigenvalue weighted by Gasteiger charge is 2.25. The Kier molecular flexibility index (Phi) is 5.18. The molecule has 1 aliphatic rings. The summed E-state index contributed by atoms with van der Waals surface area (Å²) in [6.07, 6.45) is 1.12. The molecule has 0 saturated carbocycles. The first kappa shape index (κ1) is 17.6. The van der Waals surface area contributed by atoms with Crippen LogP contribution >= 0.6 is 0 Å². The van der Waals surface area contributed by atoms with E-state index in [1.165, 1.54) is 0 Å². The molecule has 1 fully saturated rings. The van der Waals surface area contributed by atoms with E-state index in [0.717, 1.165) is 25.2 Å². The molecule has 25 heavy (non-hydrogen) atoms. The Balaban J connectivity index is 1.65. The largest absolute Gasteiger partial charge is 0.337 e. The summed E-state index contributed by atoms with van der Waals surface area (Å²) in [6, 6.07) is 7.64. The number of carbonyl (C=O) groups is 1. The van der Waals surface area contributed by atoms with E-state index < -0.39 is 0 Å². The predicted octanol–water partition coefficient (Wildman–Crippen LogP) is 1.65. The molecule has 0 N–H and O–H groups in total. The summed E-state index contributed by atoms with van der Waals surface area (Å²) in [5.74, 6) is 0.879. The van der Waals surface area contributed by atoms with Gasteiger partial charge < -0.3 is 9.80 Å². The number of aromatic nitrogens is 2. The number of para-hydroxylation sites is 1. The fraction of sp³-hybridized carbons (Fsp3) is 0.526. The molecule has 1 atom stereocenters. The van der Waals surface area contributed by atoms with Crippen LogP contribution in [-0.2, 0) is 11.3 Å². The monoisotopic (exact) mass is 342 g/mol. The van der Waals surface area contributed by atoms with Crippen molar-refractivity contribution in [2.24, 2.45) is 0 Å². The van der Waals surface area contributed by atoms with Gasteiger partial charge in [0.15, 0.2) is 0 Å². The third-order valence-electron chi connectivity index (χ3n) is 4.98. The number of fused-ring (bicyclic) bond motifs is 1. The van der Waals surface area contributed by atoms with Crippen molar-refractivity contribution in [3.05, 3.63) is 40.4 Å². The normalized spacial score (nSPS) is 18.7. The van der Waals surface area contributed by atoms with Gasteiger partial charge in [0.05, 0.1) is 10.9 Å². The van der Waals surface area contributed by atoms with E-state index in [-0.39, 0.29) is 17.5 Å². The third-order valence-corrected chi connectivity index (χ3v) is 4.98. The Bertz CT molecular complexity index is 830. The summed E-state index contributed by atoms with van der Waals surface area (Å²) in [5.41, 5.74) is 0.701. The van der Waals surface area contributed by atoms with Crippen molar-refractivity contribution in [2.75, 3.05) is 26.7 Å². The van der Waals surface area contributed by atoms with Gasteiger partial charge in [-0.05, 0) is 39.4 Å². The fourth-order valence-corrected chi connectivity index (χ4v) is 3.58. The lowest BCUT2D eigenvalue weighted by Gasteiger charge is -2.38. The molecule has 6 heteroatoms. The van der Waals surface area contributed by atoms with E-state index in [0.29, 0.717) is 30.6 Å². The molecule has 1 aliphatic heterocycles. The minimum absolute atomic E-state index is 0.0245. The molecule has 134 valence electrons. The molecular formula is C19H26N4O2. The predicted molar refractivity (Wildman–Crippen MR) is 98.6 cm³/mol. The molecule has 2 heterocycles. The topological polar surface area (TPSA) is 58.4 Å². The Hall–Kier alpha value is -2.21. The number of amides is 1. The zero-order valence-electron chi connectivity index (χ0n) is 15.2. The van der Waals surface area contributed by atoms with E-state index in [9.17, 15) is 9.59 Å².